The molecule has 2 aromatic rings. The van der Waals surface area contributed by atoms with Crippen LogP contribution < -0.4 is 10.1 Å². The van der Waals surface area contributed by atoms with Crippen LogP contribution in [-0.4, -0.2) is 42.6 Å². The van der Waals surface area contributed by atoms with Crippen LogP contribution in [0.5, 0.6) is 5.75 Å². The summed E-state index contributed by atoms with van der Waals surface area (Å²) in [4.78, 5) is 14.6. The lowest BCUT2D eigenvalue weighted by atomic mass is 10.0. The van der Waals surface area contributed by atoms with E-state index >= 15 is 0 Å². The van der Waals surface area contributed by atoms with Gasteiger partial charge < -0.3 is 14.8 Å². The minimum absolute atomic E-state index is 0.0313. The zero-order valence-electron chi connectivity index (χ0n) is 16.1. The van der Waals surface area contributed by atoms with E-state index in [0.717, 1.165) is 23.4 Å². The van der Waals surface area contributed by atoms with Crippen molar-refractivity contribution in [1.29, 1.82) is 0 Å². The van der Waals surface area contributed by atoms with Crippen molar-refractivity contribution in [1.82, 2.24) is 10.2 Å². The number of carbonyl (C=O) groups excluding carboxylic acids is 1. The molecule has 5 nitrogen and oxygen atoms in total. The molecule has 27 heavy (non-hydrogen) atoms. The first-order valence-corrected chi connectivity index (χ1v) is 9.39. The third kappa shape index (κ3) is 5.55. The second-order valence-corrected chi connectivity index (χ2v) is 7.43. The molecule has 0 radical (unpaired) electrons. The Hall–Kier alpha value is -2.37. The number of rotatable bonds is 7. The number of ether oxygens (including phenoxy) is 2. The molecule has 0 saturated carbocycles. The Morgan fingerprint density at radius 3 is 2.56 bits per heavy atom. The Morgan fingerprint density at radius 2 is 1.81 bits per heavy atom. The van der Waals surface area contributed by atoms with Crippen molar-refractivity contribution in [3.8, 4) is 5.75 Å². The van der Waals surface area contributed by atoms with Gasteiger partial charge in [0.05, 0.1) is 19.8 Å². The normalized spacial score (nSPS) is 16.7. The highest BCUT2D eigenvalue weighted by Gasteiger charge is 2.31. The second-order valence-electron chi connectivity index (χ2n) is 7.43. The molecule has 2 aromatic carbocycles. The Morgan fingerprint density at radius 1 is 1.11 bits per heavy atom. The Balaban J connectivity index is 1.54. The first-order valence-electron chi connectivity index (χ1n) is 9.39. The van der Waals surface area contributed by atoms with E-state index in [-0.39, 0.29) is 11.4 Å². The molecule has 0 unspecified atom stereocenters. The zero-order chi connectivity index (χ0) is 19.1. The Labute approximate surface area is 161 Å². The van der Waals surface area contributed by atoms with Gasteiger partial charge in [0.2, 0.25) is 5.91 Å². The van der Waals surface area contributed by atoms with E-state index in [0.29, 0.717) is 32.9 Å². The standard InChI is InChI=1S/C22H28N2O3/c1-22(2)17-26-13-12-24(22)15-21(25)23-14-18-8-6-7-9-19(18)16-27-20-10-4-3-5-11-20/h3-11H,12-17H2,1-2H3,(H,23,25). The average molecular weight is 368 g/mol. The van der Waals surface area contributed by atoms with Crippen LogP contribution in [0.1, 0.15) is 25.0 Å². The molecule has 0 atom stereocenters. The summed E-state index contributed by atoms with van der Waals surface area (Å²) in [6.07, 6.45) is 0. The molecule has 1 aliphatic rings. The van der Waals surface area contributed by atoms with Gasteiger partial charge in [0.25, 0.3) is 0 Å². The highest BCUT2D eigenvalue weighted by atomic mass is 16.5. The van der Waals surface area contributed by atoms with Crippen LogP contribution in [0.25, 0.3) is 0 Å². The minimum atomic E-state index is -0.114. The number of amides is 1. The lowest BCUT2D eigenvalue weighted by molar-refractivity contribution is -0.127. The molecule has 0 spiro atoms. The van der Waals surface area contributed by atoms with E-state index in [9.17, 15) is 4.79 Å². The number of carbonyl (C=O) groups is 1. The molecule has 0 aromatic heterocycles. The summed E-state index contributed by atoms with van der Waals surface area (Å²) in [5.41, 5.74) is 2.04. The maximum absolute atomic E-state index is 12.4. The van der Waals surface area contributed by atoms with Crippen molar-refractivity contribution in [3.05, 3.63) is 65.7 Å². The first kappa shape index (κ1) is 19.4. The molecular formula is C22H28N2O3. The smallest absolute Gasteiger partial charge is 0.234 e. The first-order chi connectivity index (χ1) is 13.0. The van der Waals surface area contributed by atoms with E-state index in [1.54, 1.807) is 0 Å². The number of nitrogens with one attached hydrogen (secondary N) is 1. The van der Waals surface area contributed by atoms with Crippen LogP contribution in [0.4, 0.5) is 0 Å². The maximum Gasteiger partial charge on any atom is 0.234 e. The predicted molar refractivity (Wildman–Crippen MR) is 106 cm³/mol. The van der Waals surface area contributed by atoms with Gasteiger partial charge in [-0.15, -0.1) is 0 Å². The fraction of sp³-hybridized carbons (Fsp3) is 0.409. The molecule has 1 amide bonds. The molecule has 0 aliphatic carbocycles. The van der Waals surface area contributed by atoms with Crippen molar-refractivity contribution in [3.63, 3.8) is 0 Å². The maximum atomic E-state index is 12.4. The largest absolute Gasteiger partial charge is 0.489 e. The molecule has 144 valence electrons. The Bertz CT molecular complexity index is 746. The highest BCUT2D eigenvalue weighted by Crippen LogP contribution is 2.18. The van der Waals surface area contributed by atoms with Gasteiger partial charge in [0.15, 0.2) is 0 Å². The van der Waals surface area contributed by atoms with E-state index < -0.39 is 0 Å². The predicted octanol–water partition coefficient (Wildman–Crippen LogP) is 2.99. The van der Waals surface area contributed by atoms with Gasteiger partial charge in [-0.2, -0.15) is 0 Å². The fourth-order valence-electron chi connectivity index (χ4n) is 3.16. The summed E-state index contributed by atoms with van der Waals surface area (Å²) in [7, 11) is 0. The van der Waals surface area contributed by atoms with Crippen LogP contribution in [0.2, 0.25) is 0 Å². The summed E-state index contributed by atoms with van der Waals surface area (Å²) < 4.78 is 11.4. The lowest BCUT2D eigenvalue weighted by Crippen LogP contribution is -2.55. The lowest BCUT2D eigenvalue weighted by Gasteiger charge is -2.41. The van der Waals surface area contributed by atoms with Crippen LogP contribution in [-0.2, 0) is 22.7 Å². The van der Waals surface area contributed by atoms with Crippen LogP contribution >= 0.6 is 0 Å². The molecule has 1 N–H and O–H groups in total. The Kier molecular flexibility index (Phi) is 6.48. The van der Waals surface area contributed by atoms with Gasteiger partial charge in [0.1, 0.15) is 12.4 Å². The second kappa shape index (κ2) is 9.02. The molecule has 1 heterocycles. The third-order valence-corrected chi connectivity index (χ3v) is 4.88. The van der Waals surface area contributed by atoms with Crippen molar-refractivity contribution < 1.29 is 14.3 Å². The highest BCUT2D eigenvalue weighted by molar-refractivity contribution is 5.78. The molecule has 5 heteroatoms. The van der Waals surface area contributed by atoms with Gasteiger partial charge in [0, 0.05) is 18.6 Å². The van der Waals surface area contributed by atoms with Crippen molar-refractivity contribution in [2.24, 2.45) is 0 Å². The van der Waals surface area contributed by atoms with Gasteiger partial charge in [-0.1, -0.05) is 42.5 Å². The molecule has 0 bridgehead atoms. The van der Waals surface area contributed by atoms with Crippen LogP contribution in [0.3, 0.4) is 0 Å². The fourth-order valence-corrected chi connectivity index (χ4v) is 3.16. The average Bonchev–Trinajstić information content (AvgIpc) is 2.68. The van der Waals surface area contributed by atoms with Crippen LogP contribution in [0, 0.1) is 0 Å². The molecule has 1 saturated heterocycles. The summed E-state index contributed by atoms with van der Waals surface area (Å²) in [6, 6.07) is 17.8. The van der Waals surface area contributed by atoms with E-state index in [4.69, 9.17) is 9.47 Å². The summed E-state index contributed by atoms with van der Waals surface area (Å²) >= 11 is 0. The summed E-state index contributed by atoms with van der Waals surface area (Å²) in [6.45, 7) is 7.69. The van der Waals surface area contributed by atoms with Crippen LogP contribution in [0.15, 0.2) is 54.6 Å². The van der Waals surface area contributed by atoms with E-state index in [2.05, 4.69) is 24.1 Å². The number of hydrogen-bond donors (Lipinski definition) is 1. The number of benzene rings is 2. The number of para-hydroxylation sites is 1. The van der Waals surface area contributed by atoms with Gasteiger partial charge in [-0.05, 0) is 37.1 Å². The summed E-state index contributed by atoms with van der Waals surface area (Å²) in [5.74, 6) is 0.870. The van der Waals surface area contributed by atoms with Gasteiger partial charge in [-0.25, -0.2) is 0 Å². The zero-order valence-corrected chi connectivity index (χ0v) is 16.1. The van der Waals surface area contributed by atoms with Crippen molar-refractivity contribution in [2.45, 2.75) is 32.5 Å². The third-order valence-electron chi connectivity index (χ3n) is 4.88. The minimum Gasteiger partial charge on any atom is -0.489 e. The summed E-state index contributed by atoms with van der Waals surface area (Å²) in [5, 5.41) is 3.05. The number of nitrogens with zero attached hydrogens (tertiary/aromatic N) is 1. The number of hydrogen-bond acceptors (Lipinski definition) is 4. The molecule has 1 fully saturated rings. The SMILES string of the molecule is CC1(C)COCCN1CC(=O)NCc1ccccc1COc1ccccc1. The number of morpholine rings is 1. The van der Waals surface area contributed by atoms with Gasteiger partial charge >= 0.3 is 0 Å². The van der Waals surface area contributed by atoms with Crippen molar-refractivity contribution in [2.75, 3.05) is 26.3 Å². The monoisotopic (exact) mass is 368 g/mol. The topological polar surface area (TPSA) is 50.8 Å². The molecular weight excluding hydrogens is 340 g/mol. The molecule has 3 rings (SSSR count). The quantitative estimate of drug-likeness (QED) is 0.816. The van der Waals surface area contributed by atoms with E-state index in [1.807, 2.05) is 54.6 Å². The van der Waals surface area contributed by atoms with E-state index in [1.165, 1.54) is 0 Å². The van der Waals surface area contributed by atoms with Gasteiger partial charge in [-0.3, -0.25) is 9.69 Å². The molecule has 1 aliphatic heterocycles. The van der Waals surface area contributed by atoms with Crippen molar-refractivity contribution >= 4 is 5.91 Å².